The van der Waals surface area contributed by atoms with Crippen LogP contribution < -0.4 is 5.73 Å². The lowest BCUT2D eigenvalue weighted by atomic mass is 10.1. The van der Waals surface area contributed by atoms with Crippen molar-refractivity contribution in [2.24, 2.45) is 0 Å². The van der Waals surface area contributed by atoms with Gasteiger partial charge in [-0.3, -0.25) is 0 Å². The largest absolute Gasteiger partial charge is 0.443 e. The Morgan fingerprint density at radius 3 is 3.00 bits per heavy atom. The first-order valence-electron chi connectivity index (χ1n) is 5.09. The summed E-state index contributed by atoms with van der Waals surface area (Å²) in [4.78, 5) is 4.19. The zero-order chi connectivity index (χ0) is 11.8. The Hall–Kier alpha value is -2.30. The highest BCUT2D eigenvalue weighted by atomic mass is 19.1. The molecule has 86 valence electrons. The van der Waals surface area contributed by atoms with E-state index in [1.54, 1.807) is 6.07 Å². The van der Waals surface area contributed by atoms with E-state index < -0.39 is 0 Å². The average molecular weight is 232 g/mol. The molecule has 3 aromatic rings. The summed E-state index contributed by atoms with van der Waals surface area (Å²) >= 11 is 0. The van der Waals surface area contributed by atoms with Crippen LogP contribution in [0.3, 0.4) is 0 Å². The van der Waals surface area contributed by atoms with Gasteiger partial charge in [-0.2, -0.15) is 0 Å². The third kappa shape index (κ3) is 1.75. The number of nitrogens with zero attached hydrogens (tertiary/aromatic N) is 1. The fourth-order valence-electron chi connectivity index (χ4n) is 1.70. The van der Waals surface area contributed by atoms with Gasteiger partial charge in [0.2, 0.25) is 5.88 Å². The van der Waals surface area contributed by atoms with Crippen LogP contribution in [-0.2, 0) is 6.42 Å². The second kappa shape index (κ2) is 3.62. The quantitative estimate of drug-likeness (QED) is 0.737. The summed E-state index contributed by atoms with van der Waals surface area (Å²) in [5.41, 5.74) is 7.37. The van der Waals surface area contributed by atoms with Crippen LogP contribution in [0.15, 0.2) is 39.4 Å². The molecule has 1 aromatic carbocycles. The molecule has 0 saturated carbocycles. The van der Waals surface area contributed by atoms with Gasteiger partial charge in [0.1, 0.15) is 12.1 Å². The first-order chi connectivity index (χ1) is 8.22. The van der Waals surface area contributed by atoms with Gasteiger partial charge in [-0.05, 0) is 17.7 Å². The molecule has 0 radical (unpaired) electrons. The summed E-state index contributed by atoms with van der Waals surface area (Å²) in [6, 6.07) is 6.30. The number of furan rings is 1. The molecule has 0 bridgehead atoms. The molecule has 0 aliphatic rings. The number of nitrogens with two attached hydrogens (primary N) is 1. The van der Waals surface area contributed by atoms with E-state index in [9.17, 15) is 4.39 Å². The number of benzene rings is 1. The van der Waals surface area contributed by atoms with Gasteiger partial charge in [0, 0.05) is 6.42 Å². The standard InChI is InChI=1S/C12H9FN2O2/c13-8-3-1-2-7(4-8)5-10-15-11-9(17-10)6-16-12(11)14/h1-4,6H,5,14H2. The number of nitrogen functional groups attached to an aromatic ring is 1. The summed E-state index contributed by atoms with van der Waals surface area (Å²) in [6.45, 7) is 0. The number of halogens is 1. The van der Waals surface area contributed by atoms with Crippen LogP contribution in [0.2, 0.25) is 0 Å². The molecule has 0 atom stereocenters. The van der Waals surface area contributed by atoms with Crippen molar-refractivity contribution in [3.8, 4) is 0 Å². The monoisotopic (exact) mass is 232 g/mol. The maximum absolute atomic E-state index is 13.0. The lowest BCUT2D eigenvalue weighted by Crippen LogP contribution is -1.89. The normalized spacial score (nSPS) is 11.1. The Balaban J connectivity index is 1.94. The fourth-order valence-corrected chi connectivity index (χ4v) is 1.70. The Morgan fingerprint density at radius 2 is 2.24 bits per heavy atom. The number of hydrogen-bond acceptors (Lipinski definition) is 4. The van der Waals surface area contributed by atoms with Gasteiger partial charge in [0.15, 0.2) is 17.0 Å². The summed E-state index contributed by atoms with van der Waals surface area (Å²) < 4.78 is 23.4. The van der Waals surface area contributed by atoms with Gasteiger partial charge in [-0.25, -0.2) is 9.37 Å². The molecule has 5 heteroatoms. The Kier molecular flexibility index (Phi) is 2.11. The van der Waals surface area contributed by atoms with E-state index in [4.69, 9.17) is 14.6 Å². The van der Waals surface area contributed by atoms with E-state index in [2.05, 4.69) is 4.98 Å². The van der Waals surface area contributed by atoms with Gasteiger partial charge in [-0.15, -0.1) is 0 Å². The van der Waals surface area contributed by atoms with Crippen LogP contribution in [0.5, 0.6) is 0 Å². The highest BCUT2D eigenvalue weighted by molar-refractivity contribution is 5.82. The van der Waals surface area contributed by atoms with E-state index in [-0.39, 0.29) is 11.7 Å². The minimum Gasteiger partial charge on any atom is -0.443 e. The van der Waals surface area contributed by atoms with E-state index in [0.717, 1.165) is 5.56 Å². The van der Waals surface area contributed by atoms with E-state index in [1.807, 2.05) is 6.07 Å². The molecule has 4 nitrogen and oxygen atoms in total. The minimum atomic E-state index is -0.275. The van der Waals surface area contributed by atoms with Gasteiger partial charge >= 0.3 is 0 Å². The molecule has 0 aliphatic heterocycles. The predicted octanol–water partition coefficient (Wildman–Crippen LogP) is 2.73. The number of anilines is 1. The molecule has 0 amide bonds. The minimum absolute atomic E-state index is 0.231. The van der Waals surface area contributed by atoms with Crippen molar-refractivity contribution >= 4 is 17.0 Å². The topological polar surface area (TPSA) is 65.2 Å². The van der Waals surface area contributed by atoms with Crippen molar-refractivity contribution < 1.29 is 13.2 Å². The number of aromatic nitrogens is 1. The van der Waals surface area contributed by atoms with Crippen molar-refractivity contribution in [3.05, 3.63) is 47.8 Å². The van der Waals surface area contributed by atoms with Crippen LogP contribution in [-0.4, -0.2) is 4.98 Å². The van der Waals surface area contributed by atoms with Crippen LogP contribution >= 0.6 is 0 Å². The van der Waals surface area contributed by atoms with E-state index in [0.29, 0.717) is 23.4 Å². The number of rotatable bonds is 2. The van der Waals surface area contributed by atoms with Crippen molar-refractivity contribution in [2.45, 2.75) is 6.42 Å². The molecule has 2 heterocycles. The van der Waals surface area contributed by atoms with Crippen molar-refractivity contribution in [1.29, 1.82) is 0 Å². The molecular weight excluding hydrogens is 223 g/mol. The lowest BCUT2D eigenvalue weighted by molar-refractivity contribution is 0.520. The average Bonchev–Trinajstić information content (AvgIpc) is 2.82. The van der Waals surface area contributed by atoms with Crippen LogP contribution in [0.1, 0.15) is 11.5 Å². The number of oxazole rings is 1. The molecule has 0 saturated heterocycles. The summed E-state index contributed by atoms with van der Waals surface area (Å²) in [5.74, 6) is 0.444. The summed E-state index contributed by atoms with van der Waals surface area (Å²) in [5, 5.41) is 0. The second-order valence-corrected chi connectivity index (χ2v) is 3.73. The van der Waals surface area contributed by atoms with Crippen molar-refractivity contribution in [1.82, 2.24) is 4.98 Å². The van der Waals surface area contributed by atoms with Crippen molar-refractivity contribution in [3.63, 3.8) is 0 Å². The van der Waals surface area contributed by atoms with Gasteiger partial charge < -0.3 is 14.6 Å². The molecule has 3 rings (SSSR count). The zero-order valence-electron chi connectivity index (χ0n) is 8.81. The molecule has 17 heavy (non-hydrogen) atoms. The van der Waals surface area contributed by atoms with E-state index in [1.165, 1.54) is 18.4 Å². The van der Waals surface area contributed by atoms with Gasteiger partial charge in [-0.1, -0.05) is 12.1 Å². The van der Waals surface area contributed by atoms with Crippen LogP contribution in [0, 0.1) is 5.82 Å². The molecule has 0 fully saturated rings. The van der Waals surface area contributed by atoms with Gasteiger partial charge in [0.05, 0.1) is 0 Å². The zero-order valence-corrected chi connectivity index (χ0v) is 8.81. The van der Waals surface area contributed by atoms with E-state index >= 15 is 0 Å². The van der Waals surface area contributed by atoms with Crippen molar-refractivity contribution in [2.75, 3.05) is 5.73 Å². The maximum Gasteiger partial charge on any atom is 0.220 e. The Labute approximate surface area is 95.8 Å². The molecule has 0 aliphatic carbocycles. The fraction of sp³-hybridized carbons (Fsp3) is 0.0833. The first-order valence-corrected chi connectivity index (χ1v) is 5.09. The Bertz CT molecular complexity index is 672. The molecule has 0 spiro atoms. The highest BCUT2D eigenvalue weighted by Crippen LogP contribution is 2.24. The summed E-state index contributed by atoms with van der Waals surface area (Å²) in [7, 11) is 0. The van der Waals surface area contributed by atoms with Crippen LogP contribution in [0.25, 0.3) is 11.1 Å². The lowest BCUT2D eigenvalue weighted by Gasteiger charge is -1.96. The Morgan fingerprint density at radius 1 is 1.35 bits per heavy atom. The third-order valence-corrected chi connectivity index (χ3v) is 2.47. The summed E-state index contributed by atoms with van der Waals surface area (Å²) in [6.07, 6.45) is 1.83. The SMILES string of the molecule is Nc1occ2oc(Cc3cccc(F)c3)nc12. The molecule has 2 aromatic heterocycles. The molecule has 0 unspecified atom stereocenters. The van der Waals surface area contributed by atoms with Crippen LogP contribution in [0.4, 0.5) is 10.3 Å². The van der Waals surface area contributed by atoms with Gasteiger partial charge in [0.25, 0.3) is 0 Å². The maximum atomic E-state index is 13.0. The smallest absolute Gasteiger partial charge is 0.220 e. The predicted molar refractivity (Wildman–Crippen MR) is 59.9 cm³/mol. The highest BCUT2D eigenvalue weighted by Gasteiger charge is 2.12. The second-order valence-electron chi connectivity index (χ2n) is 3.73. The molecule has 2 N–H and O–H groups in total. The number of hydrogen-bond donors (Lipinski definition) is 1. The molecular formula is C12H9FN2O2. The third-order valence-electron chi connectivity index (χ3n) is 2.47. The first kappa shape index (κ1) is 9.89. The number of fused-ring (bicyclic) bond motifs is 1.